The van der Waals surface area contributed by atoms with Gasteiger partial charge in [0.25, 0.3) is 0 Å². The SMILES string of the molecule is Cc1cccc(Cl)c1NC(=S)N1C[C@@H](C)O[C@H](C)C1. The lowest BCUT2D eigenvalue weighted by Crippen LogP contribution is -2.49. The van der Waals surface area contributed by atoms with E-state index in [1.807, 2.05) is 25.1 Å². The first-order valence-electron chi connectivity index (χ1n) is 6.44. The van der Waals surface area contributed by atoms with Crippen LogP contribution in [0.5, 0.6) is 0 Å². The molecule has 0 saturated carbocycles. The standard InChI is InChI=1S/C14H19ClN2OS/c1-9-5-4-6-12(15)13(9)16-14(19)17-7-10(2)18-11(3)8-17/h4-6,10-11H,7-8H2,1-3H3,(H,16,19)/t10-,11-/m1/s1. The summed E-state index contributed by atoms with van der Waals surface area (Å²) < 4.78 is 5.71. The van der Waals surface area contributed by atoms with Gasteiger partial charge in [-0.1, -0.05) is 23.7 Å². The topological polar surface area (TPSA) is 24.5 Å². The number of ether oxygens (including phenoxy) is 1. The van der Waals surface area contributed by atoms with E-state index in [0.717, 1.165) is 24.3 Å². The molecule has 0 bridgehead atoms. The monoisotopic (exact) mass is 298 g/mol. The van der Waals surface area contributed by atoms with E-state index in [1.165, 1.54) is 0 Å². The van der Waals surface area contributed by atoms with Crippen LogP contribution in [0.4, 0.5) is 5.69 Å². The minimum Gasteiger partial charge on any atom is -0.372 e. The van der Waals surface area contributed by atoms with Crippen LogP contribution in [0.25, 0.3) is 0 Å². The average molecular weight is 299 g/mol. The van der Waals surface area contributed by atoms with E-state index in [2.05, 4.69) is 24.1 Å². The van der Waals surface area contributed by atoms with Gasteiger partial charge < -0.3 is 15.0 Å². The van der Waals surface area contributed by atoms with Crippen LogP contribution < -0.4 is 5.32 Å². The molecule has 0 radical (unpaired) electrons. The molecule has 2 atom stereocenters. The van der Waals surface area contributed by atoms with Crippen molar-refractivity contribution in [1.82, 2.24) is 4.90 Å². The van der Waals surface area contributed by atoms with Gasteiger partial charge in [-0.15, -0.1) is 0 Å². The average Bonchev–Trinajstić information content (AvgIpc) is 2.32. The molecule has 0 aromatic heterocycles. The highest BCUT2D eigenvalue weighted by atomic mass is 35.5. The van der Waals surface area contributed by atoms with Crippen LogP contribution in [0.2, 0.25) is 5.02 Å². The summed E-state index contributed by atoms with van der Waals surface area (Å²) in [6.45, 7) is 7.75. The van der Waals surface area contributed by atoms with Gasteiger partial charge in [-0.05, 0) is 44.6 Å². The van der Waals surface area contributed by atoms with Gasteiger partial charge >= 0.3 is 0 Å². The fraction of sp³-hybridized carbons (Fsp3) is 0.500. The Morgan fingerprint density at radius 3 is 2.58 bits per heavy atom. The summed E-state index contributed by atoms with van der Waals surface area (Å²) >= 11 is 11.7. The van der Waals surface area contributed by atoms with E-state index in [0.29, 0.717) is 10.1 Å². The number of rotatable bonds is 1. The molecule has 1 saturated heterocycles. The largest absolute Gasteiger partial charge is 0.372 e. The zero-order valence-electron chi connectivity index (χ0n) is 11.4. The zero-order valence-corrected chi connectivity index (χ0v) is 13.0. The molecule has 0 spiro atoms. The van der Waals surface area contributed by atoms with Crippen molar-refractivity contribution in [3.05, 3.63) is 28.8 Å². The Morgan fingerprint density at radius 1 is 1.37 bits per heavy atom. The number of hydrogen-bond acceptors (Lipinski definition) is 2. The molecule has 1 heterocycles. The second-order valence-corrected chi connectivity index (χ2v) is 5.82. The Hall–Kier alpha value is -0.840. The van der Waals surface area contributed by atoms with Gasteiger partial charge in [-0.2, -0.15) is 0 Å². The predicted molar refractivity (Wildman–Crippen MR) is 84.0 cm³/mol. The number of nitrogens with zero attached hydrogens (tertiary/aromatic N) is 1. The van der Waals surface area contributed by atoms with Gasteiger partial charge in [0.2, 0.25) is 0 Å². The molecular weight excluding hydrogens is 280 g/mol. The predicted octanol–water partition coefficient (Wildman–Crippen LogP) is 3.45. The van der Waals surface area contributed by atoms with Crippen molar-refractivity contribution in [3.63, 3.8) is 0 Å². The van der Waals surface area contributed by atoms with E-state index in [1.54, 1.807) is 0 Å². The third-order valence-electron chi connectivity index (χ3n) is 3.16. The molecular formula is C14H19ClN2OS. The Labute approximate surface area is 124 Å². The molecule has 1 aromatic rings. The second kappa shape index (κ2) is 6.07. The first-order chi connectivity index (χ1) is 8.97. The lowest BCUT2D eigenvalue weighted by molar-refractivity contribution is -0.0473. The maximum absolute atomic E-state index is 6.20. The summed E-state index contributed by atoms with van der Waals surface area (Å²) in [7, 11) is 0. The van der Waals surface area contributed by atoms with Crippen molar-refractivity contribution in [2.75, 3.05) is 18.4 Å². The number of para-hydroxylation sites is 1. The zero-order chi connectivity index (χ0) is 14.0. The van der Waals surface area contributed by atoms with Crippen LogP contribution in [0.1, 0.15) is 19.4 Å². The van der Waals surface area contributed by atoms with Crippen molar-refractivity contribution in [2.24, 2.45) is 0 Å². The summed E-state index contributed by atoms with van der Waals surface area (Å²) in [6, 6.07) is 5.82. The van der Waals surface area contributed by atoms with E-state index in [9.17, 15) is 0 Å². The summed E-state index contributed by atoms with van der Waals surface area (Å²) in [5.41, 5.74) is 1.98. The van der Waals surface area contributed by atoms with Gasteiger partial charge in [0.05, 0.1) is 22.9 Å². The second-order valence-electron chi connectivity index (χ2n) is 5.02. The minimum absolute atomic E-state index is 0.191. The summed E-state index contributed by atoms with van der Waals surface area (Å²) in [5.74, 6) is 0. The minimum atomic E-state index is 0.191. The molecule has 2 rings (SSSR count). The third kappa shape index (κ3) is 3.59. The Bertz CT molecular complexity index is 450. The molecule has 1 aliphatic heterocycles. The van der Waals surface area contributed by atoms with Crippen LogP contribution in [-0.2, 0) is 4.74 Å². The Balaban J connectivity index is 2.08. The highest BCUT2D eigenvalue weighted by Gasteiger charge is 2.24. The number of morpholine rings is 1. The molecule has 0 unspecified atom stereocenters. The maximum Gasteiger partial charge on any atom is 0.173 e. The lowest BCUT2D eigenvalue weighted by Gasteiger charge is -2.37. The third-order valence-corrected chi connectivity index (χ3v) is 3.84. The molecule has 1 fully saturated rings. The molecule has 3 nitrogen and oxygen atoms in total. The molecule has 5 heteroatoms. The lowest BCUT2D eigenvalue weighted by atomic mass is 10.2. The molecule has 1 aromatic carbocycles. The molecule has 0 aliphatic carbocycles. The van der Waals surface area contributed by atoms with Gasteiger partial charge in [0.1, 0.15) is 0 Å². The van der Waals surface area contributed by atoms with Crippen molar-refractivity contribution < 1.29 is 4.74 Å². The van der Waals surface area contributed by atoms with Crippen molar-refractivity contribution in [3.8, 4) is 0 Å². The first kappa shape index (κ1) is 14.6. The van der Waals surface area contributed by atoms with Gasteiger partial charge in [-0.3, -0.25) is 0 Å². The van der Waals surface area contributed by atoms with Crippen LogP contribution in [0.15, 0.2) is 18.2 Å². The summed E-state index contributed by atoms with van der Waals surface area (Å²) in [4.78, 5) is 2.14. The van der Waals surface area contributed by atoms with Gasteiger partial charge in [0, 0.05) is 13.1 Å². The molecule has 1 aliphatic rings. The summed E-state index contributed by atoms with van der Waals surface area (Å²) in [6.07, 6.45) is 0.381. The normalized spacial score (nSPS) is 23.3. The summed E-state index contributed by atoms with van der Waals surface area (Å²) in [5, 5.41) is 4.66. The number of benzene rings is 1. The van der Waals surface area contributed by atoms with Crippen molar-refractivity contribution in [1.29, 1.82) is 0 Å². The first-order valence-corrected chi connectivity index (χ1v) is 7.22. The van der Waals surface area contributed by atoms with Crippen LogP contribution >= 0.6 is 23.8 Å². The number of hydrogen-bond donors (Lipinski definition) is 1. The highest BCUT2D eigenvalue weighted by Crippen LogP contribution is 2.26. The number of aryl methyl sites for hydroxylation is 1. The molecule has 104 valence electrons. The van der Waals surface area contributed by atoms with E-state index < -0.39 is 0 Å². The van der Waals surface area contributed by atoms with Gasteiger partial charge in [0.15, 0.2) is 5.11 Å². The van der Waals surface area contributed by atoms with E-state index in [-0.39, 0.29) is 12.2 Å². The fourth-order valence-corrected chi connectivity index (χ4v) is 2.84. The Kier molecular flexibility index (Phi) is 4.66. The maximum atomic E-state index is 6.20. The van der Waals surface area contributed by atoms with Crippen LogP contribution in [0, 0.1) is 6.92 Å². The van der Waals surface area contributed by atoms with Gasteiger partial charge in [-0.25, -0.2) is 0 Å². The van der Waals surface area contributed by atoms with E-state index >= 15 is 0 Å². The number of nitrogens with one attached hydrogen (secondary N) is 1. The number of thiocarbonyl (C=S) groups is 1. The number of anilines is 1. The highest BCUT2D eigenvalue weighted by molar-refractivity contribution is 7.80. The smallest absolute Gasteiger partial charge is 0.173 e. The van der Waals surface area contributed by atoms with E-state index in [4.69, 9.17) is 28.6 Å². The Morgan fingerprint density at radius 2 is 2.00 bits per heavy atom. The molecule has 1 N–H and O–H groups in total. The van der Waals surface area contributed by atoms with Crippen molar-refractivity contribution >= 4 is 34.6 Å². The van der Waals surface area contributed by atoms with Crippen molar-refractivity contribution in [2.45, 2.75) is 33.0 Å². The quantitative estimate of drug-likeness (QED) is 0.803. The molecule has 19 heavy (non-hydrogen) atoms. The number of halogens is 1. The molecule has 0 amide bonds. The van der Waals surface area contributed by atoms with Crippen LogP contribution in [-0.4, -0.2) is 35.3 Å². The fourth-order valence-electron chi connectivity index (χ4n) is 2.32. The van der Waals surface area contributed by atoms with Crippen LogP contribution in [0.3, 0.4) is 0 Å².